The van der Waals surface area contributed by atoms with E-state index in [1.54, 1.807) is 41.5 Å². The average molecular weight is 555 g/mol. The second kappa shape index (κ2) is 12.2. The van der Waals surface area contributed by atoms with Crippen LogP contribution in [-0.2, 0) is 9.59 Å². The average Bonchev–Trinajstić information content (AvgIpc) is 3.55. The van der Waals surface area contributed by atoms with Gasteiger partial charge in [-0.2, -0.15) is 0 Å². The molecule has 3 N–H and O–H groups in total. The number of pyridine rings is 1. The molecule has 0 unspecified atom stereocenters. The Kier molecular flexibility index (Phi) is 8.99. The molecule has 0 spiro atoms. The van der Waals surface area contributed by atoms with E-state index < -0.39 is 30.1 Å². The van der Waals surface area contributed by atoms with Gasteiger partial charge in [-0.1, -0.05) is 68.8 Å². The smallest absolute Gasteiger partial charge is 0.248 e. The second-order valence-corrected chi connectivity index (χ2v) is 11.0. The fraction of sp³-hybridized carbons (Fsp3) is 0.464. The van der Waals surface area contributed by atoms with Crippen molar-refractivity contribution in [1.29, 1.82) is 0 Å². The second-order valence-electron chi connectivity index (χ2n) is 10.6. The van der Waals surface area contributed by atoms with Crippen LogP contribution in [-0.4, -0.2) is 72.2 Å². The molecule has 11 heteroatoms. The molecule has 4 atom stereocenters. The van der Waals surface area contributed by atoms with Gasteiger partial charge in [-0.25, -0.2) is 4.68 Å². The van der Waals surface area contributed by atoms with Gasteiger partial charge in [-0.3, -0.25) is 14.6 Å². The summed E-state index contributed by atoms with van der Waals surface area (Å²) >= 11 is 6.28. The fourth-order valence-electron chi connectivity index (χ4n) is 4.86. The first-order valence-electron chi connectivity index (χ1n) is 13.1. The van der Waals surface area contributed by atoms with E-state index in [1.807, 2.05) is 39.8 Å². The SMILES string of the molecule is CC(C)c1cn([C@H](C(=O)N2C[C@H](O)C[C@H]2C(=O)N[C@@H](CO)c2ccc(-c3cnccc3Cl)cc2)C(C)C)nn1. The van der Waals surface area contributed by atoms with Crippen molar-refractivity contribution in [1.82, 2.24) is 30.2 Å². The normalized spacial score (nSPS) is 18.9. The third-order valence-electron chi connectivity index (χ3n) is 7.04. The summed E-state index contributed by atoms with van der Waals surface area (Å²) in [5.74, 6) is -0.722. The Hall–Kier alpha value is -3.34. The highest BCUT2D eigenvalue weighted by atomic mass is 35.5. The van der Waals surface area contributed by atoms with Gasteiger partial charge in [-0.05, 0) is 29.0 Å². The lowest BCUT2D eigenvalue weighted by atomic mass is 10.0. The Bertz CT molecular complexity index is 1300. The largest absolute Gasteiger partial charge is 0.394 e. The molecule has 2 aromatic heterocycles. The number of nitrogens with one attached hydrogen (secondary N) is 1. The summed E-state index contributed by atoms with van der Waals surface area (Å²) in [4.78, 5) is 32.7. The first-order valence-corrected chi connectivity index (χ1v) is 13.5. The molecule has 0 radical (unpaired) electrons. The zero-order valence-corrected chi connectivity index (χ0v) is 23.3. The number of hydrogen-bond donors (Lipinski definition) is 3. The van der Waals surface area contributed by atoms with E-state index in [1.165, 1.54) is 4.90 Å². The monoisotopic (exact) mass is 554 g/mol. The number of aliphatic hydroxyl groups excluding tert-OH is 2. The van der Waals surface area contributed by atoms with Crippen molar-refractivity contribution in [2.45, 2.75) is 64.3 Å². The molecule has 0 saturated carbocycles. The summed E-state index contributed by atoms with van der Waals surface area (Å²) in [7, 11) is 0. The van der Waals surface area contributed by atoms with Crippen molar-refractivity contribution in [3.05, 3.63) is 65.2 Å². The molecule has 1 fully saturated rings. The van der Waals surface area contributed by atoms with Gasteiger partial charge in [0.05, 0.1) is 29.5 Å². The standard InChI is InChI=1S/C28H35ClN6O4/c1-16(2)23-14-35(33-32-23)26(17(3)4)28(39)34-13-20(37)11-25(34)27(38)31-24(15-36)19-7-5-18(6-8-19)21-12-30-10-9-22(21)29/h5-10,12,14,16-17,20,24-26,36-37H,11,13,15H2,1-4H3,(H,31,38)/t20-,24+,25+,26+/m1/s1. The number of nitrogens with zero attached hydrogens (tertiary/aromatic N) is 5. The van der Waals surface area contributed by atoms with Gasteiger partial charge in [-0.15, -0.1) is 5.10 Å². The molecule has 0 aliphatic carbocycles. The summed E-state index contributed by atoms with van der Waals surface area (Å²) in [6.45, 7) is 7.51. The van der Waals surface area contributed by atoms with Crippen LogP contribution in [0.2, 0.25) is 5.02 Å². The van der Waals surface area contributed by atoms with Crippen molar-refractivity contribution < 1.29 is 19.8 Å². The van der Waals surface area contributed by atoms with Gasteiger partial charge in [0.15, 0.2) is 0 Å². The number of aliphatic hydroxyl groups is 2. The maximum absolute atomic E-state index is 13.7. The molecular formula is C28H35ClN6O4. The number of β-amino-alcohol motifs (C(OH)–C–C–N with tert-alkyl or cyclic N) is 1. The molecule has 208 valence electrons. The summed E-state index contributed by atoms with van der Waals surface area (Å²) in [6, 6.07) is 6.75. The van der Waals surface area contributed by atoms with Gasteiger partial charge in [0.1, 0.15) is 12.1 Å². The first-order chi connectivity index (χ1) is 18.6. The molecule has 39 heavy (non-hydrogen) atoms. The maximum Gasteiger partial charge on any atom is 0.248 e. The summed E-state index contributed by atoms with van der Waals surface area (Å²) in [5, 5.41) is 32.3. The van der Waals surface area contributed by atoms with Crippen LogP contribution >= 0.6 is 11.6 Å². The highest BCUT2D eigenvalue weighted by Crippen LogP contribution is 2.29. The van der Waals surface area contributed by atoms with Crippen molar-refractivity contribution in [3.8, 4) is 11.1 Å². The number of carbonyl (C=O) groups is 2. The van der Waals surface area contributed by atoms with Gasteiger partial charge >= 0.3 is 0 Å². The Morgan fingerprint density at radius 3 is 2.46 bits per heavy atom. The lowest BCUT2D eigenvalue weighted by Gasteiger charge is -2.30. The van der Waals surface area contributed by atoms with E-state index in [9.17, 15) is 19.8 Å². The minimum absolute atomic E-state index is 0.0379. The summed E-state index contributed by atoms with van der Waals surface area (Å²) in [5.41, 5.74) is 3.09. The lowest BCUT2D eigenvalue weighted by Crippen LogP contribution is -2.50. The van der Waals surface area contributed by atoms with Crippen LogP contribution in [0.25, 0.3) is 11.1 Å². The third kappa shape index (κ3) is 6.29. The molecule has 1 aliphatic rings. The molecule has 3 aromatic rings. The molecule has 3 heterocycles. The van der Waals surface area contributed by atoms with Crippen LogP contribution in [0.1, 0.15) is 63.4 Å². The highest BCUT2D eigenvalue weighted by Gasteiger charge is 2.43. The number of carbonyl (C=O) groups excluding carboxylic acids is 2. The maximum atomic E-state index is 13.7. The Morgan fingerprint density at radius 2 is 1.87 bits per heavy atom. The fourth-order valence-corrected chi connectivity index (χ4v) is 5.07. The predicted octanol–water partition coefficient (Wildman–Crippen LogP) is 3.13. The number of hydrogen-bond acceptors (Lipinski definition) is 7. The first kappa shape index (κ1) is 28.7. The van der Waals surface area contributed by atoms with Crippen LogP contribution in [0.3, 0.4) is 0 Å². The van der Waals surface area contributed by atoms with Crippen LogP contribution < -0.4 is 5.32 Å². The van der Waals surface area contributed by atoms with E-state index in [-0.39, 0.29) is 37.3 Å². The summed E-state index contributed by atoms with van der Waals surface area (Å²) in [6.07, 6.45) is 4.32. The highest BCUT2D eigenvalue weighted by molar-refractivity contribution is 6.33. The molecule has 1 aromatic carbocycles. The van der Waals surface area contributed by atoms with E-state index in [4.69, 9.17) is 11.6 Å². The van der Waals surface area contributed by atoms with E-state index in [2.05, 4.69) is 20.6 Å². The van der Waals surface area contributed by atoms with Crippen molar-refractivity contribution in [3.63, 3.8) is 0 Å². The van der Waals surface area contributed by atoms with Crippen LogP contribution in [0.4, 0.5) is 0 Å². The zero-order chi connectivity index (χ0) is 28.3. The zero-order valence-electron chi connectivity index (χ0n) is 22.5. The third-order valence-corrected chi connectivity index (χ3v) is 7.37. The number of aromatic nitrogens is 4. The Labute approximate surface area is 233 Å². The number of rotatable bonds is 9. The quantitative estimate of drug-likeness (QED) is 0.370. The van der Waals surface area contributed by atoms with Crippen LogP contribution in [0, 0.1) is 5.92 Å². The number of halogens is 1. The van der Waals surface area contributed by atoms with E-state index in [0.29, 0.717) is 10.6 Å². The van der Waals surface area contributed by atoms with Crippen molar-refractivity contribution in [2.75, 3.05) is 13.2 Å². The van der Waals surface area contributed by atoms with Crippen LogP contribution in [0.15, 0.2) is 48.9 Å². The van der Waals surface area contributed by atoms with Crippen molar-refractivity contribution in [2.24, 2.45) is 5.92 Å². The molecule has 0 bridgehead atoms. The summed E-state index contributed by atoms with van der Waals surface area (Å²) < 4.78 is 1.55. The molecule has 1 saturated heterocycles. The predicted molar refractivity (Wildman–Crippen MR) is 147 cm³/mol. The minimum atomic E-state index is -0.885. The molecule has 10 nitrogen and oxygen atoms in total. The van der Waals surface area contributed by atoms with E-state index >= 15 is 0 Å². The van der Waals surface area contributed by atoms with E-state index in [0.717, 1.165) is 16.8 Å². The lowest BCUT2D eigenvalue weighted by molar-refractivity contribution is -0.142. The topological polar surface area (TPSA) is 133 Å². The molecule has 4 rings (SSSR count). The Morgan fingerprint density at radius 1 is 1.15 bits per heavy atom. The van der Waals surface area contributed by atoms with Gasteiger partial charge in [0.25, 0.3) is 0 Å². The molecule has 1 aliphatic heterocycles. The van der Waals surface area contributed by atoms with Crippen LogP contribution in [0.5, 0.6) is 0 Å². The number of benzene rings is 1. The van der Waals surface area contributed by atoms with Gasteiger partial charge in [0.2, 0.25) is 11.8 Å². The Balaban J connectivity index is 1.51. The van der Waals surface area contributed by atoms with Gasteiger partial charge in [0, 0.05) is 37.1 Å². The van der Waals surface area contributed by atoms with Gasteiger partial charge < -0.3 is 20.4 Å². The molecular weight excluding hydrogens is 520 g/mol. The minimum Gasteiger partial charge on any atom is -0.394 e. The number of amides is 2. The van der Waals surface area contributed by atoms with Crippen molar-refractivity contribution >= 4 is 23.4 Å². The number of likely N-dealkylation sites (tertiary alicyclic amines) is 1. The molecule has 2 amide bonds.